The van der Waals surface area contributed by atoms with E-state index < -0.39 is 0 Å². The van der Waals surface area contributed by atoms with E-state index in [1.165, 1.54) is 19.2 Å². The van der Waals surface area contributed by atoms with Gasteiger partial charge in [0.15, 0.2) is 0 Å². The zero-order chi connectivity index (χ0) is 12.0. The lowest BCUT2D eigenvalue weighted by Crippen LogP contribution is -2.18. The van der Waals surface area contributed by atoms with Crippen molar-refractivity contribution >= 4 is 21.9 Å². The van der Waals surface area contributed by atoms with Crippen molar-refractivity contribution in [2.45, 2.75) is 13.0 Å². The summed E-state index contributed by atoms with van der Waals surface area (Å²) in [5.74, 6) is -0.518. The van der Waals surface area contributed by atoms with E-state index in [2.05, 4.69) is 26.0 Å². The Morgan fingerprint density at radius 1 is 1.56 bits per heavy atom. The van der Waals surface area contributed by atoms with Crippen molar-refractivity contribution in [2.24, 2.45) is 0 Å². The summed E-state index contributed by atoms with van der Waals surface area (Å²) in [5, 5.41) is 3.07. The van der Waals surface area contributed by atoms with Crippen LogP contribution in [0.5, 0.6) is 0 Å². The summed E-state index contributed by atoms with van der Waals surface area (Å²) in [6, 6.07) is 4.52. The molecule has 16 heavy (non-hydrogen) atoms. The van der Waals surface area contributed by atoms with Crippen molar-refractivity contribution < 1.29 is 13.9 Å². The number of esters is 1. The first kappa shape index (κ1) is 13.1. The predicted octanol–water partition coefficient (Wildman–Crippen LogP) is 2.24. The molecule has 0 saturated heterocycles. The molecule has 1 aromatic rings. The zero-order valence-corrected chi connectivity index (χ0v) is 10.5. The molecule has 1 rings (SSSR count). The van der Waals surface area contributed by atoms with Gasteiger partial charge in [-0.3, -0.25) is 4.79 Å². The monoisotopic (exact) mass is 289 g/mol. The number of halogens is 2. The van der Waals surface area contributed by atoms with Crippen LogP contribution in [-0.4, -0.2) is 19.6 Å². The lowest BCUT2D eigenvalue weighted by molar-refractivity contribution is -0.140. The fourth-order valence-electron chi connectivity index (χ4n) is 1.18. The summed E-state index contributed by atoms with van der Waals surface area (Å²) in [6.45, 7) is 1.12. The van der Waals surface area contributed by atoms with Crippen LogP contribution in [-0.2, 0) is 16.1 Å². The molecule has 0 radical (unpaired) electrons. The Morgan fingerprint density at radius 2 is 2.31 bits per heavy atom. The van der Waals surface area contributed by atoms with Gasteiger partial charge in [-0.2, -0.15) is 0 Å². The van der Waals surface area contributed by atoms with E-state index in [0.29, 0.717) is 19.5 Å². The van der Waals surface area contributed by atoms with Crippen molar-refractivity contribution in [3.63, 3.8) is 0 Å². The van der Waals surface area contributed by atoms with Gasteiger partial charge in [0.1, 0.15) is 5.82 Å². The molecule has 0 atom stereocenters. The number of carbonyl (C=O) groups excluding carboxylic acids is 1. The van der Waals surface area contributed by atoms with Crippen molar-refractivity contribution in [1.82, 2.24) is 5.32 Å². The highest BCUT2D eigenvalue weighted by Crippen LogP contribution is 2.17. The Balaban J connectivity index is 2.35. The van der Waals surface area contributed by atoms with E-state index in [1.54, 1.807) is 6.07 Å². The van der Waals surface area contributed by atoms with E-state index in [-0.39, 0.29) is 11.8 Å². The Morgan fingerprint density at radius 3 is 2.94 bits per heavy atom. The van der Waals surface area contributed by atoms with E-state index in [0.717, 1.165) is 10.0 Å². The minimum Gasteiger partial charge on any atom is -0.469 e. The van der Waals surface area contributed by atoms with Gasteiger partial charge >= 0.3 is 5.97 Å². The third-order valence-corrected chi connectivity index (χ3v) is 2.80. The molecule has 1 N–H and O–H groups in total. The average molecular weight is 290 g/mol. The van der Waals surface area contributed by atoms with Gasteiger partial charge in [0, 0.05) is 17.6 Å². The van der Waals surface area contributed by atoms with Crippen LogP contribution in [0.15, 0.2) is 22.7 Å². The molecule has 0 bridgehead atoms. The fourth-order valence-corrected chi connectivity index (χ4v) is 1.67. The van der Waals surface area contributed by atoms with Crippen LogP contribution < -0.4 is 5.32 Å². The van der Waals surface area contributed by atoms with Crippen LogP contribution in [0.2, 0.25) is 0 Å². The minimum atomic E-state index is -0.273. The van der Waals surface area contributed by atoms with Crippen molar-refractivity contribution in [1.29, 1.82) is 0 Å². The van der Waals surface area contributed by atoms with Crippen LogP contribution in [0.3, 0.4) is 0 Å². The molecular weight excluding hydrogens is 277 g/mol. The van der Waals surface area contributed by atoms with Crippen molar-refractivity contribution in [3.05, 3.63) is 34.1 Å². The lowest BCUT2D eigenvalue weighted by Gasteiger charge is -2.06. The number of hydrogen-bond acceptors (Lipinski definition) is 3. The highest BCUT2D eigenvalue weighted by molar-refractivity contribution is 9.10. The van der Waals surface area contributed by atoms with Gasteiger partial charge in [-0.25, -0.2) is 4.39 Å². The Bertz CT molecular complexity index is 371. The van der Waals surface area contributed by atoms with Gasteiger partial charge < -0.3 is 10.1 Å². The number of rotatable bonds is 5. The number of benzene rings is 1. The number of hydrogen-bond donors (Lipinski definition) is 1. The van der Waals surface area contributed by atoms with Crippen LogP contribution in [0.1, 0.15) is 12.0 Å². The molecule has 0 fully saturated rings. The summed E-state index contributed by atoms with van der Waals surface area (Å²) < 4.78 is 18.0. The third-order valence-electron chi connectivity index (χ3n) is 2.06. The third kappa shape index (κ3) is 4.28. The molecule has 0 aliphatic heterocycles. The van der Waals surface area contributed by atoms with Crippen LogP contribution in [0.4, 0.5) is 4.39 Å². The molecule has 1 aromatic carbocycles. The topological polar surface area (TPSA) is 38.3 Å². The van der Waals surface area contributed by atoms with Gasteiger partial charge in [-0.15, -0.1) is 0 Å². The van der Waals surface area contributed by atoms with E-state index in [9.17, 15) is 9.18 Å². The maximum atomic E-state index is 12.8. The number of ether oxygens (including phenoxy) is 1. The Hall–Kier alpha value is -0.940. The molecule has 5 heteroatoms. The molecule has 0 heterocycles. The predicted molar refractivity (Wildman–Crippen MR) is 62.4 cm³/mol. The quantitative estimate of drug-likeness (QED) is 0.667. The van der Waals surface area contributed by atoms with Gasteiger partial charge in [0.2, 0.25) is 0 Å². The maximum absolute atomic E-state index is 12.8. The molecule has 0 aliphatic rings. The summed E-state index contributed by atoms with van der Waals surface area (Å²) in [7, 11) is 1.36. The summed E-state index contributed by atoms with van der Waals surface area (Å²) in [6.07, 6.45) is 0.329. The summed E-state index contributed by atoms with van der Waals surface area (Å²) in [4.78, 5) is 10.8. The van der Waals surface area contributed by atoms with Crippen molar-refractivity contribution in [3.8, 4) is 0 Å². The second-order valence-corrected chi connectivity index (χ2v) is 4.09. The molecule has 0 aromatic heterocycles. The minimum absolute atomic E-state index is 0.245. The molecule has 0 aliphatic carbocycles. The Kier molecular flexibility index (Phi) is 5.42. The summed E-state index contributed by atoms with van der Waals surface area (Å²) in [5.41, 5.74) is 0.950. The first-order valence-electron chi connectivity index (χ1n) is 4.85. The highest BCUT2D eigenvalue weighted by Gasteiger charge is 2.02. The smallest absolute Gasteiger partial charge is 0.306 e. The normalized spacial score (nSPS) is 10.2. The average Bonchev–Trinajstić information content (AvgIpc) is 2.26. The molecule has 0 unspecified atom stereocenters. The van der Waals surface area contributed by atoms with Crippen LogP contribution in [0.25, 0.3) is 0 Å². The van der Waals surface area contributed by atoms with Gasteiger partial charge in [-0.1, -0.05) is 22.0 Å². The van der Waals surface area contributed by atoms with E-state index in [1.807, 2.05) is 0 Å². The van der Waals surface area contributed by atoms with Gasteiger partial charge in [0.05, 0.1) is 13.5 Å². The highest BCUT2D eigenvalue weighted by atomic mass is 79.9. The van der Waals surface area contributed by atoms with Crippen LogP contribution in [0, 0.1) is 5.82 Å². The standard InChI is InChI=1S/C11H13BrFNO2/c1-16-11(15)4-5-14-7-8-2-3-9(13)6-10(8)12/h2-3,6,14H,4-5,7H2,1H3. The molecule has 0 saturated carbocycles. The van der Waals surface area contributed by atoms with Gasteiger partial charge in [0.25, 0.3) is 0 Å². The van der Waals surface area contributed by atoms with Gasteiger partial charge in [-0.05, 0) is 17.7 Å². The lowest BCUT2D eigenvalue weighted by atomic mass is 10.2. The zero-order valence-electron chi connectivity index (χ0n) is 8.93. The molecule has 3 nitrogen and oxygen atoms in total. The molecule has 0 spiro atoms. The number of carbonyl (C=O) groups is 1. The number of methoxy groups -OCH3 is 1. The van der Waals surface area contributed by atoms with Crippen LogP contribution >= 0.6 is 15.9 Å². The molecular formula is C11H13BrFNO2. The summed E-state index contributed by atoms with van der Waals surface area (Å²) >= 11 is 3.27. The molecule has 0 amide bonds. The first-order valence-corrected chi connectivity index (χ1v) is 5.64. The second kappa shape index (κ2) is 6.60. The largest absolute Gasteiger partial charge is 0.469 e. The first-order chi connectivity index (χ1) is 7.63. The number of nitrogens with one attached hydrogen (secondary N) is 1. The van der Waals surface area contributed by atoms with Crippen molar-refractivity contribution in [2.75, 3.05) is 13.7 Å². The van der Waals surface area contributed by atoms with E-state index >= 15 is 0 Å². The maximum Gasteiger partial charge on any atom is 0.306 e. The SMILES string of the molecule is COC(=O)CCNCc1ccc(F)cc1Br. The Labute approximate surface area is 102 Å². The fraction of sp³-hybridized carbons (Fsp3) is 0.364. The molecule has 88 valence electrons. The second-order valence-electron chi connectivity index (χ2n) is 3.24. The van der Waals surface area contributed by atoms with E-state index in [4.69, 9.17) is 0 Å².